The highest BCUT2D eigenvalue weighted by molar-refractivity contribution is 5.47. The Hall–Kier alpha value is -1.04. The van der Waals surface area contributed by atoms with Crippen LogP contribution in [0, 0.1) is 5.92 Å². The van der Waals surface area contributed by atoms with Gasteiger partial charge in [-0.1, -0.05) is 50.8 Å². The number of rotatable bonds is 3. The maximum Gasteiger partial charge on any atom is -0.0255 e. The molecule has 0 amide bonds. The molecule has 0 saturated carbocycles. The molecule has 1 aromatic rings. The molecule has 12 heavy (non-hydrogen) atoms. The first-order valence-corrected chi connectivity index (χ1v) is 4.43. The summed E-state index contributed by atoms with van der Waals surface area (Å²) in [5, 5.41) is 0. The molecule has 0 unspecified atom stereocenters. The first-order chi connectivity index (χ1) is 5.72. The van der Waals surface area contributed by atoms with E-state index in [9.17, 15) is 0 Å². The van der Waals surface area contributed by atoms with Crippen LogP contribution >= 0.6 is 0 Å². The van der Waals surface area contributed by atoms with Crippen molar-refractivity contribution in [1.29, 1.82) is 0 Å². The van der Waals surface area contributed by atoms with Crippen molar-refractivity contribution in [3.8, 4) is 0 Å². The van der Waals surface area contributed by atoms with Crippen LogP contribution in [0.15, 0.2) is 30.8 Å². The van der Waals surface area contributed by atoms with Crippen molar-refractivity contribution in [2.24, 2.45) is 5.92 Å². The second-order valence-corrected chi connectivity index (χ2v) is 3.55. The average Bonchev–Trinajstić information content (AvgIpc) is 2.03. The normalized spacial score (nSPS) is 10.2. The molecule has 0 saturated heterocycles. The van der Waals surface area contributed by atoms with Crippen molar-refractivity contribution >= 4 is 6.08 Å². The molecule has 0 aromatic heterocycles. The predicted octanol–water partition coefficient (Wildman–Crippen LogP) is 3.53. The van der Waals surface area contributed by atoms with Gasteiger partial charge in [0.25, 0.3) is 0 Å². The Morgan fingerprint density at radius 3 is 2.75 bits per heavy atom. The van der Waals surface area contributed by atoms with Gasteiger partial charge in [-0.05, 0) is 23.5 Å². The Balaban J connectivity index is 2.79. The van der Waals surface area contributed by atoms with Gasteiger partial charge in [-0.2, -0.15) is 0 Å². The highest BCUT2D eigenvalue weighted by atomic mass is 14.0. The third-order valence-corrected chi connectivity index (χ3v) is 1.83. The van der Waals surface area contributed by atoms with Crippen LogP contribution in [-0.4, -0.2) is 0 Å². The Bertz CT molecular complexity index is 258. The van der Waals surface area contributed by atoms with Gasteiger partial charge in [0.2, 0.25) is 0 Å². The van der Waals surface area contributed by atoms with Crippen LogP contribution in [0.1, 0.15) is 25.0 Å². The van der Waals surface area contributed by atoms with Gasteiger partial charge in [-0.15, -0.1) is 0 Å². The summed E-state index contributed by atoms with van der Waals surface area (Å²) in [7, 11) is 0. The van der Waals surface area contributed by atoms with E-state index < -0.39 is 0 Å². The molecular weight excluding hydrogens is 144 g/mol. The van der Waals surface area contributed by atoms with Crippen molar-refractivity contribution in [3.05, 3.63) is 42.0 Å². The molecule has 0 atom stereocenters. The Morgan fingerprint density at radius 2 is 2.17 bits per heavy atom. The van der Waals surface area contributed by atoms with E-state index in [0.717, 1.165) is 12.3 Å². The minimum Gasteiger partial charge on any atom is -0.0985 e. The minimum atomic E-state index is 0.727. The first kappa shape index (κ1) is 9.05. The highest BCUT2D eigenvalue weighted by Gasteiger charge is 1.96. The van der Waals surface area contributed by atoms with Crippen molar-refractivity contribution in [2.45, 2.75) is 20.3 Å². The summed E-state index contributed by atoms with van der Waals surface area (Å²) >= 11 is 0. The molecular formula is C12H16. The molecule has 0 aliphatic heterocycles. The number of hydrogen-bond donors (Lipinski definition) is 0. The van der Waals surface area contributed by atoms with E-state index in [2.05, 4.69) is 44.7 Å². The zero-order valence-corrected chi connectivity index (χ0v) is 7.88. The van der Waals surface area contributed by atoms with Crippen molar-refractivity contribution < 1.29 is 0 Å². The van der Waals surface area contributed by atoms with Gasteiger partial charge in [-0.3, -0.25) is 0 Å². The molecule has 0 spiro atoms. The highest BCUT2D eigenvalue weighted by Crippen LogP contribution is 2.10. The van der Waals surface area contributed by atoms with Crippen LogP contribution in [0.2, 0.25) is 0 Å². The van der Waals surface area contributed by atoms with Crippen LogP contribution in [0.4, 0.5) is 0 Å². The monoisotopic (exact) mass is 160 g/mol. The van der Waals surface area contributed by atoms with Gasteiger partial charge in [0.05, 0.1) is 0 Å². The van der Waals surface area contributed by atoms with Gasteiger partial charge in [-0.25, -0.2) is 0 Å². The minimum absolute atomic E-state index is 0.727. The summed E-state index contributed by atoms with van der Waals surface area (Å²) in [5.74, 6) is 0.727. The van der Waals surface area contributed by atoms with E-state index in [1.54, 1.807) is 0 Å². The molecule has 0 fully saturated rings. The largest absolute Gasteiger partial charge is 0.0985 e. The Kier molecular flexibility index (Phi) is 3.09. The summed E-state index contributed by atoms with van der Waals surface area (Å²) in [6, 6.07) is 8.55. The van der Waals surface area contributed by atoms with Crippen LogP contribution in [-0.2, 0) is 6.42 Å². The van der Waals surface area contributed by atoms with E-state index in [-0.39, 0.29) is 0 Å². The molecule has 0 bridgehead atoms. The van der Waals surface area contributed by atoms with E-state index in [0.29, 0.717) is 0 Å². The fraction of sp³-hybridized carbons (Fsp3) is 0.333. The SMILES string of the molecule is C=Cc1cccc(CC(C)C)c1. The third-order valence-electron chi connectivity index (χ3n) is 1.83. The standard InChI is InChI=1S/C12H16/c1-4-11-6-5-7-12(9-11)8-10(2)3/h4-7,9-10H,1,8H2,2-3H3. The number of benzene rings is 1. The summed E-state index contributed by atoms with van der Waals surface area (Å²) in [4.78, 5) is 0. The molecule has 1 aromatic carbocycles. The lowest BCUT2D eigenvalue weighted by Gasteiger charge is -2.04. The Labute approximate surface area is 74.9 Å². The molecule has 0 heterocycles. The van der Waals surface area contributed by atoms with Crippen molar-refractivity contribution in [2.75, 3.05) is 0 Å². The van der Waals surface area contributed by atoms with Crippen LogP contribution in [0.3, 0.4) is 0 Å². The smallest absolute Gasteiger partial charge is 0.0255 e. The maximum atomic E-state index is 3.75. The molecule has 0 aliphatic carbocycles. The summed E-state index contributed by atoms with van der Waals surface area (Å²) < 4.78 is 0. The van der Waals surface area contributed by atoms with E-state index in [1.807, 2.05) is 6.08 Å². The summed E-state index contributed by atoms with van der Waals surface area (Å²) in [5.41, 5.74) is 2.62. The van der Waals surface area contributed by atoms with E-state index >= 15 is 0 Å². The van der Waals surface area contributed by atoms with Crippen molar-refractivity contribution in [3.63, 3.8) is 0 Å². The first-order valence-electron chi connectivity index (χ1n) is 4.43. The molecule has 0 heteroatoms. The van der Waals surface area contributed by atoms with E-state index in [4.69, 9.17) is 0 Å². The topological polar surface area (TPSA) is 0 Å². The lowest BCUT2D eigenvalue weighted by molar-refractivity contribution is 0.647. The van der Waals surface area contributed by atoms with Crippen LogP contribution in [0.25, 0.3) is 6.08 Å². The van der Waals surface area contributed by atoms with Gasteiger partial charge >= 0.3 is 0 Å². The molecule has 0 nitrogen and oxygen atoms in total. The molecule has 1 rings (SSSR count). The summed E-state index contributed by atoms with van der Waals surface area (Å²) in [6.45, 7) is 8.22. The summed E-state index contributed by atoms with van der Waals surface area (Å²) in [6.07, 6.45) is 3.05. The van der Waals surface area contributed by atoms with Gasteiger partial charge in [0, 0.05) is 0 Å². The zero-order valence-electron chi connectivity index (χ0n) is 7.88. The fourth-order valence-corrected chi connectivity index (χ4v) is 1.32. The molecule has 0 N–H and O–H groups in total. The number of hydrogen-bond acceptors (Lipinski definition) is 0. The van der Waals surface area contributed by atoms with E-state index in [1.165, 1.54) is 11.1 Å². The second-order valence-electron chi connectivity index (χ2n) is 3.55. The van der Waals surface area contributed by atoms with Gasteiger partial charge in [0.15, 0.2) is 0 Å². The average molecular weight is 160 g/mol. The quantitative estimate of drug-likeness (QED) is 0.634. The lowest BCUT2D eigenvalue weighted by Crippen LogP contribution is -1.93. The maximum absolute atomic E-state index is 3.75. The Morgan fingerprint density at radius 1 is 1.42 bits per heavy atom. The zero-order chi connectivity index (χ0) is 8.97. The second kappa shape index (κ2) is 4.10. The molecule has 0 aliphatic rings. The third kappa shape index (κ3) is 2.54. The fourth-order valence-electron chi connectivity index (χ4n) is 1.32. The molecule has 0 radical (unpaired) electrons. The van der Waals surface area contributed by atoms with Gasteiger partial charge in [0.1, 0.15) is 0 Å². The van der Waals surface area contributed by atoms with Crippen LogP contribution < -0.4 is 0 Å². The lowest BCUT2D eigenvalue weighted by atomic mass is 10.0. The predicted molar refractivity (Wildman–Crippen MR) is 55.1 cm³/mol. The van der Waals surface area contributed by atoms with Crippen molar-refractivity contribution in [1.82, 2.24) is 0 Å². The van der Waals surface area contributed by atoms with Gasteiger partial charge < -0.3 is 0 Å². The molecule has 64 valence electrons. The van der Waals surface area contributed by atoms with Crippen LogP contribution in [0.5, 0.6) is 0 Å².